The van der Waals surface area contributed by atoms with Crippen LogP contribution in [0.5, 0.6) is 0 Å². The molecule has 0 aliphatic carbocycles. The van der Waals surface area contributed by atoms with Gasteiger partial charge in [-0.15, -0.1) is 0 Å². The molecule has 0 aromatic carbocycles. The number of nitrogens with zero attached hydrogens (tertiary/aromatic N) is 2. The zero-order chi connectivity index (χ0) is 16.0. The fourth-order valence-electron chi connectivity index (χ4n) is 2.12. The Morgan fingerprint density at radius 3 is 2.29 bits per heavy atom. The van der Waals surface area contributed by atoms with Crippen LogP contribution < -0.4 is 5.32 Å². The summed E-state index contributed by atoms with van der Waals surface area (Å²) in [5, 5.41) is 12.5. The maximum absolute atomic E-state index is 11.5. The van der Waals surface area contributed by atoms with Gasteiger partial charge in [-0.25, -0.2) is 4.79 Å². The summed E-state index contributed by atoms with van der Waals surface area (Å²) in [7, 11) is 0. The summed E-state index contributed by atoms with van der Waals surface area (Å²) in [6.07, 6.45) is -1.18. The lowest BCUT2D eigenvalue weighted by Gasteiger charge is -2.35. The van der Waals surface area contributed by atoms with Gasteiger partial charge in [-0.2, -0.15) is 0 Å². The van der Waals surface area contributed by atoms with E-state index in [4.69, 9.17) is 4.74 Å². The number of carbonyl (C=O) groups excluding carboxylic acids is 2. The Balaban J connectivity index is 2.21. The highest BCUT2D eigenvalue weighted by molar-refractivity contribution is 5.73. The molecule has 1 saturated heterocycles. The van der Waals surface area contributed by atoms with Gasteiger partial charge in [0.2, 0.25) is 5.91 Å². The first-order chi connectivity index (χ1) is 9.67. The summed E-state index contributed by atoms with van der Waals surface area (Å²) in [5.41, 5.74) is -0.544. The van der Waals surface area contributed by atoms with Crippen molar-refractivity contribution in [1.29, 1.82) is 0 Å². The van der Waals surface area contributed by atoms with E-state index in [0.717, 1.165) is 13.1 Å². The summed E-state index contributed by atoms with van der Waals surface area (Å²) >= 11 is 0. The largest absolute Gasteiger partial charge is 0.444 e. The molecule has 0 aromatic rings. The predicted molar refractivity (Wildman–Crippen MR) is 78.9 cm³/mol. The van der Waals surface area contributed by atoms with Crippen LogP contribution in [0.1, 0.15) is 27.7 Å². The number of β-amino-alcohol motifs (C(OH)–C–C–N with tert-alkyl or cyclic N) is 1. The molecule has 1 fully saturated rings. The number of hydrogen-bond donors (Lipinski definition) is 2. The minimum atomic E-state index is -0.651. The van der Waals surface area contributed by atoms with E-state index >= 15 is 0 Å². The van der Waals surface area contributed by atoms with Gasteiger partial charge in [0, 0.05) is 46.2 Å². The lowest BCUT2D eigenvalue weighted by Crippen LogP contribution is -2.51. The minimum absolute atomic E-state index is 0.0850. The summed E-state index contributed by atoms with van der Waals surface area (Å²) < 4.78 is 5.10. The van der Waals surface area contributed by atoms with Crippen molar-refractivity contribution in [3.05, 3.63) is 0 Å². The number of nitrogens with one attached hydrogen (secondary N) is 1. The van der Waals surface area contributed by atoms with Crippen molar-refractivity contribution in [2.45, 2.75) is 39.4 Å². The quantitative estimate of drug-likeness (QED) is 0.766. The maximum Gasteiger partial charge on any atom is 0.407 e. The zero-order valence-corrected chi connectivity index (χ0v) is 13.4. The first-order valence-corrected chi connectivity index (χ1v) is 7.30. The number of ether oxygens (including phenoxy) is 1. The van der Waals surface area contributed by atoms with Gasteiger partial charge in [-0.3, -0.25) is 9.69 Å². The number of alkyl carbamates (subject to hydrolysis) is 1. The lowest BCUT2D eigenvalue weighted by molar-refractivity contribution is -0.130. The molecule has 1 aliphatic rings. The number of hydrogen-bond acceptors (Lipinski definition) is 5. The van der Waals surface area contributed by atoms with E-state index in [-0.39, 0.29) is 12.5 Å². The molecule has 7 nitrogen and oxygen atoms in total. The minimum Gasteiger partial charge on any atom is -0.444 e. The van der Waals surface area contributed by atoms with Crippen LogP contribution in [0.15, 0.2) is 0 Å². The van der Waals surface area contributed by atoms with E-state index in [9.17, 15) is 14.7 Å². The second kappa shape index (κ2) is 7.61. The fourth-order valence-corrected chi connectivity index (χ4v) is 2.12. The number of carbonyl (C=O) groups is 2. The molecular weight excluding hydrogens is 274 g/mol. The van der Waals surface area contributed by atoms with E-state index in [1.54, 1.807) is 32.6 Å². The standard InChI is InChI=1S/C14H27N3O4/c1-11(18)17-7-5-16(6-8-17)10-12(19)9-15-13(20)21-14(2,3)4/h12,19H,5-10H2,1-4H3,(H,15,20)/t12-/m0/s1. The molecule has 0 unspecified atom stereocenters. The molecular formula is C14H27N3O4. The van der Waals surface area contributed by atoms with Crippen molar-refractivity contribution >= 4 is 12.0 Å². The number of aliphatic hydroxyl groups is 1. The zero-order valence-electron chi connectivity index (χ0n) is 13.4. The second-order valence-corrected chi connectivity index (χ2v) is 6.34. The van der Waals surface area contributed by atoms with Gasteiger partial charge in [0.1, 0.15) is 5.60 Å². The molecule has 2 amide bonds. The van der Waals surface area contributed by atoms with E-state index in [2.05, 4.69) is 10.2 Å². The van der Waals surface area contributed by atoms with Crippen LogP contribution in [0.2, 0.25) is 0 Å². The molecule has 1 aliphatic heterocycles. The topological polar surface area (TPSA) is 82.1 Å². The Morgan fingerprint density at radius 2 is 1.81 bits per heavy atom. The monoisotopic (exact) mass is 301 g/mol. The lowest BCUT2D eigenvalue weighted by atomic mass is 10.2. The Morgan fingerprint density at radius 1 is 1.24 bits per heavy atom. The van der Waals surface area contributed by atoms with Gasteiger partial charge in [0.15, 0.2) is 0 Å². The first-order valence-electron chi connectivity index (χ1n) is 7.30. The van der Waals surface area contributed by atoms with Crippen LogP contribution in [0.3, 0.4) is 0 Å². The van der Waals surface area contributed by atoms with E-state index in [1.165, 1.54) is 0 Å². The Bertz CT molecular complexity index is 360. The van der Waals surface area contributed by atoms with E-state index < -0.39 is 17.8 Å². The van der Waals surface area contributed by atoms with Crippen molar-refractivity contribution < 1.29 is 19.4 Å². The third-order valence-electron chi connectivity index (χ3n) is 3.17. The molecule has 122 valence electrons. The molecule has 0 radical (unpaired) electrons. The van der Waals surface area contributed by atoms with Crippen molar-refractivity contribution in [2.75, 3.05) is 39.3 Å². The molecule has 2 N–H and O–H groups in total. The van der Waals surface area contributed by atoms with Crippen molar-refractivity contribution in [3.8, 4) is 0 Å². The van der Waals surface area contributed by atoms with Crippen LogP contribution in [0.4, 0.5) is 4.79 Å². The van der Waals surface area contributed by atoms with Crippen molar-refractivity contribution in [1.82, 2.24) is 15.1 Å². The van der Waals surface area contributed by atoms with Crippen LogP contribution in [-0.4, -0.2) is 77.9 Å². The molecule has 0 bridgehead atoms. The Hall–Kier alpha value is -1.34. The summed E-state index contributed by atoms with van der Waals surface area (Å²) in [5.74, 6) is 0.0850. The normalized spacial score (nSPS) is 18.2. The molecule has 1 rings (SSSR count). The maximum atomic E-state index is 11.5. The number of piperazine rings is 1. The van der Waals surface area contributed by atoms with Gasteiger partial charge in [-0.1, -0.05) is 0 Å². The highest BCUT2D eigenvalue weighted by atomic mass is 16.6. The Kier molecular flexibility index (Phi) is 6.42. The SMILES string of the molecule is CC(=O)N1CCN(C[C@@H](O)CNC(=O)OC(C)(C)C)CC1. The molecule has 7 heteroatoms. The Labute approximate surface area is 126 Å². The summed E-state index contributed by atoms with van der Waals surface area (Å²) in [6, 6.07) is 0. The molecule has 1 heterocycles. The average Bonchev–Trinajstić information content (AvgIpc) is 2.35. The van der Waals surface area contributed by atoms with E-state index in [0.29, 0.717) is 19.6 Å². The van der Waals surface area contributed by atoms with Crippen LogP contribution in [0, 0.1) is 0 Å². The highest BCUT2D eigenvalue weighted by Gasteiger charge is 2.21. The molecule has 0 spiro atoms. The fraction of sp³-hybridized carbons (Fsp3) is 0.857. The van der Waals surface area contributed by atoms with Crippen molar-refractivity contribution in [3.63, 3.8) is 0 Å². The van der Waals surface area contributed by atoms with Crippen molar-refractivity contribution in [2.24, 2.45) is 0 Å². The summed E-state index contributed by atoms with van der Waals surface area (Å²) in [4.78, 5) is 26.6. The van der Waals surface area contributed by atoms with Crippen LogP contribution in [-0.2, 0) is 9.53 Å². The van der Waals surface area contributed by atoms with Crippen LogP contribution >= 0.6 is 0 Å². The van der Waals surface area contributed by atoms with Crippen LogP contribution in [0.25, 0.3) is 0 Å². The third kappa shape index (κ3) is 7.29. The molecule has 0 saturated carbocycles. The third-order valence-corrected chi connectivity index (χ3v) is 3.17. The number of amides is 2. The summed E-state index contributed by atoms with van der Waals surface area (Å²) in [6.45, 7) is 10.4. The molecule has 0 aromatic heterocycles. The molecule has 1 atom stereocenters. The van der Waals surface area contributed by atoms with E-state index in [1.807, 2.05) is 0 Å². The van der Waals surface area contributed by atoms with Gasteiger partial charge >= 0.3 is 6.09 Å². The smallest absolute Gasteiger partial charge is 0.407 e. The average molecular weight is 301 g/mol. The number of aliphatic hydroxyl groups excluding tert-OH is 1. The van der Waals surface area contributed by atoms with Gasteiger partial charge in [0.05, 0.1) is 6.10 Å². The second-order valence-electron chi connectivity index (χ2n) is 6.34. The van der Waals surface area contributed by atoms with Gasteiger partial charge in [-0.05, 0) is 20.8 Å². The molecule has 21 heavy (non-hydrogen) atoms. The van der Waals surface area contributed by atoms with Gasteiger partial charge < -0.3 is 20.1 Å². The highest BCUT2D eigenvalue weighted by Crippen LogP contribution is 2.06. The van der Waals surface area contributed by atoms with Gasteiger partial charge in [0.25, 0.3) is 0 Å². The predicted octanol–water partition coefficient (Wildman–Crippen LogP) is 0.0361. The number of rotatable bonds is 4. The first kappa shape index (κ1) is 17.7.